The zero-order valence-corrected chi connectivity index (χ0v) is 17.7. The first kappa shape index (κ1) is 20.8. The van der Waals surface area contributed by atoms with Crippen LogP contribution in [-0.4, -0.2) is 29.5 Å². The fourth-order valence-electron chi connectivity index (χ4n) is 4.45. The molecule has 0 saturated carbocycles. The van der Waals surface area contributed by atoms with E-state index in [1.807, 2.05) is 30.3 Å². The molecule has 1 aliphatic rings. The Morgan fingerprint density at radius 3 is 2.79 bits per heavy atom. The van der Waals surface area contributed by atoms with Gasteiger partial charge in [-0.25, -0.2) is 4.79 Å². The molecule has 0 spiro atoms. The summed E-state index contributed by atoms with van der Waals surface area (Å²) in [6.07, 6.45) is 4.29. The molecule has 8 heteroatoms. The number of para-hydroxylation sites is 1. The lowest BCUT2D eigenvalue weighted by molar-refractivity contribution is -0.308. The predicted molar refractivity (Wildman–Crippen MR) is 119 cm³/mol. The van der Waals surface area contributed by atoms with Crippen LogP contribution < -0.4 is 20.8 Å². The number of amides is 1. The van der Waals surface area contributed by atoms with Gasteiger partial charge >= 0.3 is 5.63 Å². The Morgan fingerprint density at radius 1 is 1.12 bits per heavy atom. The van der Waals surface area contributed by atoms with Gasteiger partial charge in [0.2, 0.25) is 0 Å². The van der Waals surface area contributed by atoms with Crippen LogP contribution in [0.4, 0.5) is 0 Å². The van der Waals surface area contributed by atoms with E-state index in [2.05, 4.69) is 10.3 Å². The van der Waals surface area contributed by atoms with Crippen molar-refractivity contribution >= 4 is 33.7 Å². The lowest BCUT2D eigenvalue weighted by atomic mass is 10.1. The van der Waals surface area contributed by atoms with Crippen LogP contribution in [0.25, 0.3) is 21.9 Å². The fraction of sp³-hybridized carbons (Fsp3) is 0.240. The van der Waals surface area contributed by atoms with Crippen LogP contribution in [0.1, 0.15) is 23.1 Å². The summed E-state index contributed by atoms with van der Waals surface area (Å²) in [6, 6.07) is 11.4. The molecule has 2 aromatic carbocycles. The van der Waals surface area contributed by atoms with E-state index in [-0.39, 0.29) is 12.0 Å². The lowest BCUT2D eigenvalue weighted by Crippen LogP contribution is -2.50. The van der Waals surface area contributed by atoms with Gasteiger partial charge in [0.25, 0.3) is 5.91 Å². The summed E-state index contributed by atoms with van der Waals surface area (Å²) in [5, 5.41) is 15.8. The zero-order valence-electron chi connectivity index (χ0n) is 17.7. The first-order chi connectivity index (χ1) is 16.0. The van der Waals surface area contributed by atoms with Gasteiger partial charge in [-0.05, 0) is 48.6 Å². The van der Waals surface area contributed by atoms with Gasteiger partial charge in [-0.1, -0.05) is 18.2 Å². The Kier molecular flexibility index (Phi) is 5.34. The normalized spacial score (nSPS) is 13.7. The van der Waals surface area contributed by atoms with Crippen molar-refractivity contribution in [2.24, 2.45) is 0 Å². The summed E-state index contributed by atoms with van der Waals surface area (Å²) in [5.41, 5.74) is 3.47. The molecule has 0 bridgehead atoms. The van der Waals surface area contributed by atoms with E-state index >= 15 is 0 Å². The number of aliphatic carboxylic acids is 1. The molecule has 0 fully saturated rings. The zero-order chi connectivity index (χ0) is 22.9. The van der Waals surface area contributed by atoms with Gasteiger partial charge in [0.1, 0.15) is 11.3 Å². The van der Waals surface area contributed by atoms with Crippen molar-refractivity contribution in [1.29, 1.82) is 0 Å². The molecule has 4 aromatic rings. The fourth-order valence-corrected chi connectivity index (χ4v) is 4.45. The van der Waals surface area contributed by atoms with E-state index in [1.165, 1.54) is 0 Å². The summed E-state index contributed by atoms with van der Waals surface area (Å²) in [6.45, 7) is -0.391. The van der Waals surface area contributed by atoms with E-state index < -0.39 is 24.5 Å². The second-order valence-corrected chi connectivity index (χ2v) is 8.15. The topological polar surface area (TPSA) is 124 Å². The first-order valence-electron chi connectivity index (χ1n) is 10.8. The highest BCUT2D eigenvalue weighted by molar-refractivity contribution is 5.87. The van der Waals surface area contributed by atoms with Crippen LogP contribution in [0.3, 0.4) is 0 Å². The molecular weight excluding hydrogens is 424 g/mol. The Hall–Kier alpha value is -4.07. The van der Waals surface area contributed by atoms with Gasteiger partial charge in [0, 0.05) is 40.5 Å². The van der Waals surface area contributed by atoms with Crippen LogP contribution in [0, 0.1) is 0 Å². The van der Waals surface area contributed by atoms with Crippen LogP contribution in [0.15, 0.2) is 57.9 Å². The maximum absolute atomic E-state index is 12.4. The maximum Gasteiger partial charge on any atom is 0.339 e. The molecule has 0 saturated heterocycles. The number of carbonyl (C=O) groups is 2. The minimum atomic E-state index is -1.38. The van der Waals surface area contributed by atoms with E-state index in [4.69, 9.17) is 9.15 Å². The van der Waals surface area contributed by atoms with E-state index in [0.29, 0.717) is 11.3 Å². The highest BCUT2D eigenvalue weighted by Gasteiger charge is 2.20. The maximum atomic E-state index is 12.4. The molecule has 1 atom stereocenters. The number of aromatic amines is 1. The summed E-state index contributed by atoms with van der Waals surface area (Å²) < 4.78 is 10.9. The molecule has 2 heterocycles. The molecule has 0 unspecified atom stereocenters. The van der Waals surface area contributed by atoms with Crippen LogP contribution in [-0.2, 0) is 28.9 Å². The Bertz CT molecular complexity index is 1430. The number of hydrogen-bond acceptors (Lipinski definition) is 6. The standard InChI is InChI=1S/C25H22N2O6/c28-23(27-21(24(29)30)10-14-12-26-20-7-2-1-4-16(14)20)13-32-15-8-9-18-17-5-3-6-19(17)25(31)33-22(18)11-15/h1-2,4,7-9,11-12,21,26H,3,5-6,10,13H2,(H,27,28)(H,29,30)/p-1/t21-/m0/s1. The van der Waals surface area contributed by atoms with Crippen molar-refractivity contribution in [3.63, 3.8) is 0 Å². The highest BCUT2D eigenvalue weighted by Crippen LogP contribution is 2.29. The summed E-state index contributed by atoms with van der Waals surface area (Å²) >= 11 is 0. The number of aromatic nitrogens is 1. The number of H-pyrrole nitrogens is 1. The number of rotatable bonds is 7. The average Bonchev–Trinajstić information content (AvgIpc) is 3.45. The summed E-state index contributed by atoms with van der Waals surface area (Å²) in [7, 11) is 0. The molecule has 2 aromatic heterocycles. The van der Waals surface area contributed by atoms with Gasteiger partial charge in [0.05, 0.1) is 12.0 Å². The van der Waals surface area contributed by atoms with Gasteiger partial charge < -0.3 is 29.4 Å². The van der Waals surface area contributed by atoms with E-state index in [0.717, 1.165) is 52.2 Å². The minimum absolute atomic E-state index is 0.0737. The van der Waals surface area contributed by atoms with Gasteiger partial charge in [-0.15, -0.1) is 0 Å². The SMILES string of the molecule is O=C(COc1ccc2c3c(c(=O)oc2c1)CCC3)N[C@@H](Cc1c[nH]c2ccccc12)C(=O)[O-]. The molecule has 8 nitrogen and oxygen atoms in total. The molecule has 5 rings (SSSR count). The third kappa shape index (κ3) is 4.07. The van der Waals surface area contributed by atoms with Crippen molar-refractivity contribution in [2.75, 3.05) is 6.61 Å². The second-order valence-electron chi connectivity index (χ2n) is 8.15. The number of hydrogen-bond donors (Lipinski definition) is 2. The first-order valence-corrected chi connectivity index (χ1v) is 10.8. The van der Waals surface area contributed by atoms with Gasteiger partial charge in [0.15, 0.2) is 6.61 Å². The highest BCUT2D eigenvalue weighted by atomic mass is 16.5. The van der Waals surface area contributed by atoms with Crippen LogP contribution >= 0.6 is 0 Å². The Morgan fingerprint density at radius 2 is 1.94 bits per heavy atom. The smallest absolute Gasteiger partial charge is 0.339 e. The number of carbonyl (C=O) groups excluding carboxylic acids is 2. The van der Waals surface area contributed by atoms with Gasteiger partial charge in [-0.3, -0.25) is 4.79 Å². The number of carboxylic acid groups (broad SMARTS) is 1. The van der Waals surface area contributed by atoms with Crippen molar-refractivity contribution in [3.05, 3.63) is 75.8 Å². The predicted octanol–water partition coefficient (Wildman–Crippen LogP) is 1.62. The molecule has 1 aliphatic carbocycles. The average molecular weight is 445 g/mol. The third-order valence-electron chi connectivity index (χ3n) is 6.03. The Balaban J connectivity index is 1.26. The molecule has 0 radical (unpaired) electrons. The Labute approximate surface area is 188 Å². The number of aryl methyl sites for hydroxylation is 1. The van der Waals surface area contributed by atoms with Crippen molar-refractivity contribution in [3.8, 4) is 5.75 Å². The summed E-state index contributed by atoms with van der Waals surface area (Å²) in [4.78, 5) is 39.3. The van der Waals surface area contributed by atoms with Crippen molar-refractivity contribution in [2.45, 2.75) is 31.7 Å². The van der Waals surface area contributed by atoms with Crippen LogP contribution in [0.5, 0.6) is 5.75 Å². The summed E-state index contributed by atoms with van der Waals surface area (Å²) in [5.74, 6) is -1.63. The number of carboxylic acids is 1. The minimum Gasteiger partial charge on any atom is -0.548 e. The monoisotopic (exact) mass is 445 g/mol. The van der Waals surface area contributed by atoms with Crippen molar-refractivity contribution in [1.82, 2.24) is 10.3 Å². The molecule has 1 amide bonds. The number of nitrogens with one attached hydrogen (secondary N) is 2. The molecule has 0 aliphatic heterocycles. The lowest BCUT2D eigenvalue weighted by Gasteiger charge is -2.19. The third-order valence-corrected chi connectivity index (χ3v) is 6.03. The molecule has 168 valence electrons. The number of benzene rings is 2. The van der Waals surface area contributed by atoms with Gasteiger partial charge in [-0.2, -0.15) is 0 Å². The molecule has 2 N–H and O–H groups in total. The second kappa shape index (κ2) is 8.46. The largest absolute Gasteiger partial charge is 0.548 e. The number of fused-ring (bicyclic) bond motifs is 4. The van der Waals surface area contributed by atoms with Crippen molar-refractivity contribution < 1.29 is 23.8 Å². The van der Waals surface area contributed by atoms with E-state index in [1.54, 1.807) is 18.3 Å². The van der Waals surface area contributed by atoms with Crippen LogP contribution in [0.2, 0.25) is 0 Å². The molecule has 33 heavy (non-hydrogen) atoms. The number of ether oxygens (including phenoxy) is 1. The van der Waals surface area contributed by atoms with E-state index in [9.17, 15) is 19.5 Å². The quantitative estimate of drug-likeness (QED) is 0.417. The molecular formula is C25H21N2O6-.